The number of carbonyl (C=O) groups excluding carboxylic acids is 1. The van der Waals surface area contributed by atoms with Crippen molar-refractivity contribution in [3.63, 3.8) is 0 Å². The largest absolute Gasteiger partial charge is 0.450 e. The molecule has 0 spiro atoms. The molecule has 1 aliphatic carbocycles. The highest BCUT2D eigenvalue weighted by atomic mass is 16.6. The monoisotopic (exact) mass is 358 g/mol. The lowest BCUT2D eigenvalue weighted by Crippen LogP contribution is -2.50. The van der Waals surface area contributed by atoms with Gasteiger partial charge >= 0.3 is 6.09 Å². The van der Waals surface area contributed by atoms with E-state index in [1.165, 1.54) is 18.4 Å². The molecule has 0 radical (unpaired) electrons. The molecule has 1 saturated carbocycles. The smallest absolute Gasteiger partial charge is 0.409 e. The highest BCUT2D eigenvalue weighted by Crippen LogP contribution is 2.47. The van der Waals surface area contributed by atoms with E-state index in [1.807, 2.05) is 14.0 Å². The molecule has 142 valence electrons. The fraction of sp³-hybridized carbons (Fsp3) is 0.600. The number of amides is 1. The minimum absolute atomic E-state index is 0.202. The summed E-state index contributed by atoms with van der Waals surface area (Å²) in [5.74, 6) is 0.849. The van der Waals surface area contributed by atoms with Crippen molar-refractivity contribution in [2.75, 3.05) is 33.3 Å². The molecule has 1 aromatic rings. The van der Waals surface area contributed by atoms with Gasteiger partial charge in [-0.25, -0.2) is 4.79 Å². The van der Waals surface area contributed by atoms with E-state index in [4.69, 9.17) is 4.74 Å². The van der Waals surface area contributed by atoms with Crippen molar-refractivity contribution in [3.05, 3.63) is 35.9 Å². The van der Waals surface area contributed by atoms with E-state index in [-0.39, 0.29) is 11.5 Å². The van der Waals surface area contributed by atoms with Crippen molar-refractivity contribution in [2.24, 2.45) is 4.99 Å². The van der Waals surface area contributed by atoms with Gasteiger partial charge in [-0.1, -0.05) is 30.3 Å². The molecule has 1 aliphatic heterocycles. The number of rotatable bonds is 5. The quantitative estimate of drug-likeness (QED) is 0.627. The molecule has 2 fully saturated rings. The van der Waals surface area contributed by atoms with Gasteiger partial charge in [-0.15, -0.1) is 0 Å². The first-order chi connectivity index (χ1) is 12.7. The summed E-state index contributed by atoms with van der Waals surface area (Å²) in [4.78, 5) is 17.9. The van der Waals surface area contributed by atoms with Gasteiger partial charge in [0, 0.05) is 38.1 Å². The van der Waals surface area contributed by atoms with Crippen LogP contribution in [0.5, 0.6) is 0 Å². The van der Waals surface area contributed by atoms with Gasteiger partial charge in [0.1, 0.15) is 0 Å². The molecule has 1 amide bonds. The standard InChI is InChI=1S/C20H30N4O2/c1-3-26-19(25)24-13-9-17(10-14-24)23-18(21-2)22-15-20(11-12-20)16-7-5-4-6-8-16/h4-8,17H,3,9-15H2,1-2H3,(H2,21,22,23). The highest BCUT2D eigenvalue weighted by Gasteiger charge is 2.44. The molecule has 2 aliphatic rings. The fourth-order valence-electron chi connectivity index (χ4n) is 3.57. The summed E-state index contributed by atoms with van der Waals surface area (Å²) in [6.45, 7) is 4.61. The first kappa shape index (κ1) is 18.5. The van der Waals surface area contributed by atoms with Gasteiger partial charge in [0.05, 0.1) is 6.61 Å². The summed E-state index contributed by atoms with van der Waals surface area (Å²) in [5.41, 5.74) is 1.66. The van der Waals surface area contributed by atoms with Crippen LogP contribution in [-0.4, -0.2) is 56.3 Å². The van der Waals surface area contributed by atoms with Crippen molar-refractivity contribution in [3.8, 4) is 0 Å². The van der Waals surface area contributed by atoms with Crippen LogP contribution in [0.2, 0.25) is 0 Å². The number of nitrogens with zero attached hydrogens (tertiary/aromatic N) is 2. The Hall–Kier alpha value is -2.24. The summed E-state index contributed by atoms with van der Waals surface area (Å²) in [7, 11) is 1.81. The third kappa shape index (κ3) is 4.48. The predicted octanol–water partition coefficient (Wildman–Crippen LogP) is 2.50. The molecule has 0 aromatic heterocycles. The van der Waals surface area contributed by atoms with E-state index in [2.05, 4.69) is 46.0 Å². The second-order valence-electron chi connectivity index (χ2n) is 7.18. The number of ether oxygens (including phenoxy) is 1. The molecule has 0 atom stereocenters. The molecular weight excluding hydrogens is 328 g/mol. The molecule has 1 saturated heterocycles. The zero-order valence-corrected chi connectivity index (χ0v) is 15.8. The van der Waals surface area contributed by atoms with Gasteiger partial charge in [-0.2, -0.15) is 0 Å². The Morgan fingerprint density at radius 2 is 1.96 bits per heavy atom. The minimum atomic E-state index is -0.202. The van der Waals surface area contributed by atoms with Gasteiger partial charge in [0.25, 0.3) is 0 Å². The number of aliphatic imine (C=N–C) groups is 1. The normalized spacial score (nSPS) is 19.8. The number of likely N-dealkylation sites (tertiary alicyclic amines) is 1. The first-order valence-electron chi connectivity index (χ1n) is 9.61. The molecule has 26 heavy (non-hydrogen) atoms. The second-order valence-corrected chi connectivity index (χ2v) is 7.18. The summed E-state index contributed by atoms with van der Waals surface area (Å²) in [5, 5.41) is 7.01. The molecule has 2 N–H and O–H groups in total. The van der Waals surface area contributed by atoms with Gasteiger partial charge < -0.3 is 20.3 Å². The number of piperidine rings is 1. The second kappa shape index (κ2) is 8.43. The van der Waals surface area contributed by atoms with E-state index >= 15 is 0 Å². The van der Waals surface area contributed by atoms with Gasteiger partial charge in [0.15, 0.2) is 5.96 Å². The summed E-state index contributed by atoms with van der Waals surface area (Å²) < 4.78 is 5.07. The molecule has 6 heteroatoms. The third-order valence-corrected chi connectivity index (χ3v) is 5.42. The van der Waals surface area contributed by atoms with E-state index in [0.29, 0.717) is 12.6 Å². The van der Waals surface area contributed by atoms with Crippen LogP contribution in [0.4, 0.5) is 4.79 Å². The number of carbonyl (C=O) groups is 1. The van der Waals surface area contributed by atoms with Crippen LogP contribution >= 0.6 is 0 Å². The van der Waals surface area contributed by atoms with E-state index in [1.54, 1.807) is 4.90 Å². The fourth-order valence-corrected chi connectivity index (χ4v) is 3.57. The van der Waals surface area contributed by atoms with E-state index in [9.17, 15) is 4.79 Å². The Balaban J connectivity index is 1.45. The zero-order valence-electron chi connectivity index (χ0n) is 15.8. The SMILES string of the molecule is CCOC(=O)N1CCC(NC(=NC)NCC2(c3ccccc3)CC2)CC1. The molecular formula is C20H30N4O2. The van der Waals surface area contributed by atoms with Gasteiger partial charge in [-0.05, 0) is 38.2 Å². The third-order valence-electron chi connectivity index (χ3n) is 5.42. The van der Waals surface area contributed by atoms with Gasteiger partial charge in [-0.3, -0.25) is 4.99 Å². The van der Waals surface area contributed by atoms with E-state index < -0.39 is 0 Å². The Labute approximate surface area is 156 Å². The van der Waals surface area contributed by atoms with Crippen LogP contribution in [0.1, 0.15) is 38.2 Å². The molecule has 0 bridgehead atoms. The van der Waals surface area contributed by atoms with Crippen molar-refractivity contribution < 1.29 is 9.53 Å². The Bertz CT molecular complexity index is 620. The molecule has 3 rings (SSSR count). The Kier molecular flexibility index (Phi) is 6.01. The highest BCUT2D eigenvalue weighted by molar-refractivity contribution is 5.80. The lowest BCUT2D eigenvalue weighted by Gasteiger charge is -2.32. The number of benzene rings is 1. The topological polar surface area (TPSA) is 66.0 Å². The van der Waals surface area contributed by atoms with Gasteiger partial charge in [0.2, 0.25) is 0 Å². The average molecular weight is 358 g/mol. The molecule has 1 heterocycles. The lowest BCUT2D eigenvalue weighted by atomic mass is 9.96. The van der Waals surface area contributed by atoms with Crippen LogP contribution < -0.4 is 10.6 Å². The zero-order chi connectivity index (χ0) is 18.4. The molecule has 6 nitrogen and oxygen atoms in total. The maximum Gasteiger partial charge on any atom is 0.409 e. The number of hydrogen-bond acceptors (Lipinski definition) is 3. The number of guanidine groups is 1. The Morgan fingerprint density at radius 1 is 1.27 bits per heavy atom. The Morgan fingerprint density at radius 3 is 2.54 bits per heavy atom. The summed E-state index contributed by atoms with van der Waals surface area (Å²) >= 11 is 0. The minimum Gasteiger partial charge on any atom is -0.450 e. The van der Waals surface area contributed by atoms with Crippen molar-refractivity contribution in [1.82, 2.24) is 15.5 Å². The predicted molar refractivity (Wildman–Crippen MR) is 103 cm³/mol. The average Bonchev–Trinajstić information content (AvgIpc) is 3.48. The van der Waals surface area contributed by atoms with Crippen molar-refractivity contribution in [2.45, 2.75) is 44.1 Å². The number of nitrogens with one attached hydrogen (secondary N) is 2. The first-order valence-corrected chi connectivity index (χ1v) is 9.61. The molecule has 1 aromatic carbocycles. The van der Waals surface area contributed by atoms with Crippen LogP contribution in [0.3, 0.4) is 0 Å². The molecule has 0 unspecified atom stereocenters. The van der Waals surface area contributed by atoms with Crippen LogP contribution in [0, 0.1) is 0 Å². The lowest BCUT2D eigenvalue weighted by molar-refractivity contribution is 0.0963. The maximum absolute atomic E-state index is 11.8. The summed E-state index contributed by atoms with van der Waals surface area (Å²) in [6.07, 6.45) is 4.05. The van der Waals surface area contributed by atoms with Crippen LogP contribution in [-0.2, 0) is 10.2 Å². The van der Waals surface area contributed by atoms with Crippen LogP contribution in [0.25, 0.3) is 0 Å². The van der Waals surface area contributed by atoms with Crippen molar-refractivity contribution in [1.29, 1.82) is 0 Å². The van der Waals surface area contributed by atoms with E-state index in [0.717, 1.165) is 38.4 Å². The van der Waals surface area contributed by atoms with Crippen molar-refractivity contribution >= 4 is 12.1 Å². The maximum atomic E-state index is 11.8. The number of hydrogen-bond donors (Lipinski definition) is 2. The van der Waals surface area contributed by atoms with Crippen LogP contribution in [0.15, 0.2) is 35.3 Å². The summed E-state index contributed by atoms with van der Waals surface area (Å²) in [6, 6.07) is 11.1.